The lowest BCUT2D eigenvalue weighted by molar-refractivity contribution is -0.274. The zero-order valence-corrected chi connectivity index (χ0v) is 26.9. The summed E-state index contributed by atoms with van der Waals surface area (Å²) in [4.78, 5) is 22.1. The Morgan fingerprint density at radius 3 is 2.36 bits per heavy atom. The van der Waals surface area contributed by atoms with Gasteiger partial charge in [0, 0.05) is 17.5 Å². The summed E-state index contributed by atoms with van der Waals surface area (Å²) in [6, 6.07) is 19.0. The van der Waals surface area contributed by atoms with Gasteiger partial charge in [0.05, 0.1) is 11.4 Å². The molecule has 4 aromatic rings. The van der Waals surface area contributed by atoms with Crippen LogP contribution < -0.4 is 15.4 Å². The first kappa shape index (κ1) is 33.6. The molecule has 0 unspecified atom stereocenters. The fourth-order valence-corrected chi connectivity index (χ4v) is 5.12. The number of halogens is 3. The van der Waals surface area contributed by atoms with E-state index in [9.17, 15) is 18.0 Å². The van der Waals surface area contributed by atoms with Crippen molar-refractivity contribution in [2.24, 2.45) is 4.99 Å². The van der Waals surface area contributed by atoms with Gasteiger partial charge in [-0.3, -0.25) is 5.32 Å². The number of amidine groups is 1. The van der Waals surface area contributed by atoms with E-state index >= 15 is 0 Å². The number of aromatic nitrogens is 3. The van der Waals surface area contributed by atoms with Crippen molar-refractivity contribution < 1.29 is 22.7 Å². The molecule has 0 aliphatic rings. The number of nitrogens with zero attached hydrogens (tertiary/aromatic N) is 4. The highest BCUT2D eigenvalue weighted by molar-refractivity contribution is 8.13. The molecule has 2 amide bonds. The number of carbonyl (C=O) groups is 1. The van der Waals surface area contributed by atoms with E-state index in [1.54, 1.807) is 0 Å². The van der Waals surface area contributed by atoms with E-state index < -0.39 is 6.36 Å². The molecule has 4 rings (SSSR count). The fraction of sp³-hybridized carbons (Fsp3) is 0.333. The van der Waals surface area contributed by atoms with E-state index in [1.165, 1.54) is 47.0 Å². The van der Waals surface area contributed by atoms with Crippen LogP contribution in [0, 0.1) is 6.92 Å². The van der Waals surface area contributed by atoms with Crippen LogP contribution in [0.5, 0.6) is 5.75 Å². The summed E-state index contributed by atoms with van der Waals surface area (Å²) in [7, 11) is 0. The standard InChI is InChI=1S/C33H37F3N6O2S/c1-7-45-31(39-28-18-22(4)8-17-27(28)21(2)3)40-30(43)37-19-32(5,6)24-11-9-23(10-12-24)29-38-20-42(41-29)25-13-15-26(16-14-25)44-33(34,35)36/h8-18,20-21H,7,19H2,1-6H3,(H2,37,39,40,43). The molecule has 0 saturated heterocycles. The van der Waals surface area contributed by atoms with E-state index in [0.717, 1.165) is 33.7 Å². The highest BCUT2D eigenvalue weighted by atomic mass is 32.2. The summed E-state index contributed by atoms with van der Waals surface area (Å²) in [6.07, 6.45) is -3.26. The van der Waals surface area contributed by atoms with E-state index in [4.69, 9.17) is 4.99 Å². The third kappa shape index (κ3) is 9.34. The van der Waals surface area contributed by atoms with Crippen molar-refractivity contribution in [3.63, 3.8) is 0 Å². The fourth-order valence-electron chi connectivity index (χ4n) is 4.52. The molecule has 0 bridgehead atoms. The number of aryl methyl sites for hydroxylation is 1. The van der Waals surface area contributed by atoms with E-state index in [2.05, 4.69) is 51.4 Å². The Bertz CT molecular complexity index is 1630. The van der Waals surface area contributed by atoms with Gasteiger partial charge in [0.25, 0.3) is 0 Å². The summed E-state index contributed by atoms with van der Waals surface area (Å²) in [6.45, 7) is 12.7. The number of hydrogen-bond donors (Lipinski definition) is 2. The third-order valence-electron chi connectivity index (χ3n) is 6.97. The second-order valence-corrected chi connectivity index (χ2v) is 12.6. The van der Waals surface area contributed by atoms with E-state index in [-0.39, 0.29) is 17.2 Å². The van der Waals surface area contributed by atoms with Crippen molar-refractivity contribution >= 4 is 28.6 Å². The quantitative estimate of drug-likeness (QED) is 0.142. The highest BCUT2D eigenvalue weighted by Crippen LogP contribution is 2.29. The molecule has 8 nitrogen and oxygen atoms in total. The minimum absolute atomic E-state index is 0.298. The molecule has 1 aromatic heterocycles. The van der Waals surface area contributed by atoms with Crippen LogP contribution in [0.2, 0.25) is 0 Å². The number of ether oxygens (including phenoxy) is 1. The molecule has 0 fully saturated rings. The number of thioether (sulfide) groups is 1. The average molecular weight is 639 g/mol. The van der Waals surface area contributed by atoms with Gasteiger partial charge in [-0.25, -0.2) is 19.5 Å². The van der Waals surface area contributed by atoms with Crippen LogP contribution >= 0.6 is 11.8 Å². The lowest BCUT2D eigenvalue weighted by atomic mass is 9.84. The highest BCUT2D eigenvalue weighted by Gasteiger charge is 2.31. The van der Waals surface area contributed by atoms with Crippen LogP contribution in [0.1, 0.15) is 57.2 Å². The van der Waals surface area contributed by atoms with Gasteiger partial charge >= 0.3 is 12.4 Å². The van der Waals surface area contributed by atoms with E-state index in [1.807, 2.05) is 58.0 Å². The van der Waals surface area contributed by atoms with Crippen molar-refractivity contribution in [1.82, 2.24) is 25.4 Å². The van der Waals surface area contributed by atoms with Crippen LogP contribution in [-0.2, 0) is 5.41 Å². The number of benzene rings is 3. The van der Waals surface area contributed by atoms with Crippen LogP contribution in [0.4, 0.5) is 23.7 Å². The molecule has 1 heterocycles. The van der Waals surface area contributed by atoms with Crippen molar-refractivity contribution in [2.45, 2.75) is 59.2 Å². The summed E-state index contributed by atoms with van der Waals surface area (Å²) in [5.74, 6) is 1.21. The lowest BCUT2D eigenvalue weighted by Crippen LogP contribution is -2.43. The number of alkyl halides is 3. The molecular formula is C33H37F3N6O2S. The van der Waals surface area contributed by atoms with Crippen LogP contribution in [0.15, 0.2) is 78.0 Å². The van der Waals surface area contributed by atoms with Crippen LogP contribution in [0.3, 0.4) is 0 Å². The minimum Gasteiger partial charge on any atom is -0.406 e. The Balaban J connectivity index is 1.39. The molecule has 0 atom stereocenters. The predicted molar refractivity (Wildman–Crippen MR) is 174 cm³/mol. The second kappa shape index (κ2) is 14.2. The largest absolute Gasteiger partial charge is 0.573 e. The van der Waals surface area contributed by atoms with E-state index in [0.29, 0.717) is 29.1 Å². The van der Waals surface area contributed by atoms with Crippen LogP contribution in [-0.4, -0.2) is 44.6 Å². The molecule has 3 aromatic carbocycles. The maximum atomic E-state index is 12.9. The molecule has 0 aliphatic carbocycles. The Hall–Kier alpha value is -4.32. The number of amides is 2. The SMILES string of the molecule is CCSC(=Nc1cc(C)ccc1C(C)C)NC(=O)NCC(C)(C)c1ccc(-c2ncn(-c3ccc(OC(F)(F)F)cc3)n2)cc1. The smallest absolute Gasteiger partial charge is 0.406 e. The Kier molecular flexibility index (Phi) is 10.6. The van der Waals surface area contributed by atoms with Crippen molar-refractivity contribution in [3.8, 4) is 22.8 Å². The number of nitrogens with one attached hydrogen (secondary N) is 2. The first-order valence-electron chi connectivity index (χ1n) is 14.5. The van der Waals surface area contributed by atoms with Crippen molar-refractivity contribution in [2.75, 3.05) is 12.3 Å². The molecular weight excluding hydrogens is 601 g/mol. The van der Waals surface area contributed by atoms with Crippen molar-refractivity contribution in [1.29, 1.82) is 0 Å². The minimum atomic E-state index is -4.75. The van der Waals surface area contributed by atoms with Gasteiger partial charge in [-0.05, 0) is 65.6 Å². The molecule has 0 radical (unpaired) electrons. The summed E-state index contributed by atoms with van der Waals surface area (Å²) < 4.78 is 42.7. The first-order valence-corrected chi connectivity index (χ1v) is 15.5. The zero-order chi connectivity index (χ0) is 32.8. The van der Waals surface area contributed by atoms with Gasteiger partial charge in [0.1, 0.15) is 12.1 Å². The van der Waals surface area contributed by atoms with Gasteiger partial charge < -0.3 is 10.1 Å². The lowest BCUT2D eigenvalue weighted by Gasteiger charge is -2.26. The van der Waals surface area contributed by atoms with Gasteiger partial charge in [0.15, 0.2) is 11.0 Å². The maximum absolute atomic E-state index is 12.9. The second-order valence-electron chi connectivity index (χ2n) is 11.4. The number of urea groups is 1. The molecule has 12 heteroatoms. The summed E-state index contributed by atoms with van der Waals surface area (Å²) in [5.41, 5.74) is 5.00. The normalized spacial score (nSPS) is 12.4. The third-order valence-corrected chi connectivity index (χ3v) is 7.73. The van der Waals surface area contributed by atoms with Crippen molar-refractivity contribution in [3.05, 3.63) is 89.7 Å². The molecule has 2 N–H and O–H groups in total. The maximum Gasteiger partial charge on any atom is 0.573 e. The number of carbonyl (C=O) groups excluding carboxylic acids is 1. The molecule has 0 spiro atoms. The zero-order valence-electron chi connectivity index (χ0n) is 26.1. The topological polar surface area (TPSA) is 93.4 Å². The number of aliphatic imine (C=N–C) groups is 1. The Morgan fingerprint density at radius 1 is 1.04 bits per heavy atom. The summed E-state index contributed by atoms with van der Waals surface area (Å²) in [5, 5.41) is 10.9. The Morgan fingerprint density at radius 2 is 1.73 bits per heavy atom. The summed E-state index contributed by atoms with van der Waals surface area (Å²) >= 11 is 1.48. The average Bonchev–Trinajstić information content (AvgIpc) is 3.46. The van der Waals surface area contributed by atoms with Crippen LogP contribution in [0.25, 0.3) is 17.1 Å². The molecule has 0 saturated carbocycles. The Labute approximate surface area is 265 Å². The van der Waals surface area contributed by atoms with Gasteiger partial charge in [-0.1, -0.05) is 82.8 Å². The first-order chi connectivity index (χ1) is 21.2. The monoisotopic (exact) mass is 638 g/mol. The molecule has 238 valence electrons. The van der Waals surface area contributed by atoms with Gasteiger partial charge in [-0.2, -0.15) is 0 Å². The van der Waals surface area contributed by atoms with Gasteiger partial charge in [-0.15, -0.1) is 18.3 Å². The predicted octanol–water partition coefficient (Wildman–Crippen LogP) is 8.28. The number of hydrogen-bond acceptors (Lipinski definition) is 6. The molecule has 0 aliphatic heterocycles. The van der Waals surface area contributed by atoms with Gasteiger partial charge in [0.2, 0.25) is 0 Å². The molecule has 45 heavy (non-hydrogen) atoms. The number of rotatable bonds is 9.